The van der Waals surface area contributed by atoms with Crippen LogP contribution in [0.15, 0.2) is 23.0 Å². The van der Waals surface area contributed by atoms with Crippen LogP contribution in [0.2, 0.25) is 0 Å². The lowest BCUT2D eigenvalue weighted by Crippen LogP contribution is -2.65. The number of benzene rings is 1. The van der Waals surface area contributed by atoms with Gasteiger partial charge in [0, 0.05) is 17.1 Å². The number of nitrogens with two attached hydrogens (primary N) is 1. The molecule has 1 saturated carbocycles. The normalized spacial score (nSPS) is 28.7. The first-order valence-corrected chi connectivity index (χ1v) is 11.6. The number of aryl methyl sites for hydroxylation is 1. The van der Waals surface area contributed by atoms with Crippen LogP contribution < -0.4 is 5.73 Å². The fraction of sp³-hybridized carbons (Fsp3) is 0.500. The lowest BCUT2D eigenvalue weighted by atomic mass is 9.57. The fourth-order valence-electron chi connectivity index (χ4n) is 6.07. The summed E-state index contributed by atoms with van der Waals surface area (Å²) in [5.74, 6) is -6.37. The predicted octanol–water partition coefficient (Wildman–Crippen LogP) is 1.57. The van der Waals surface area contributed by atoms with Crippen molar-refractivity contribution in [3.63, 3.8) is 0 Å². The Morgan fingerprint density at radius 2 is 1.77 bits per heavy atom. The van der Waals surface area contributed by atoms with E-state index in [-0.39, 0.29) is 23.3 Å². The molecule has 0 saturated heterocycles. The van der Waals surface area contributed by atoms with Gasteiger partial charge in [0.25, 0.3) is 5.91 Å². The van der Waals surface area contributed by atoms with E-state index in [1.165, 1.54) is 4.90 Å². The number of aliphatic hydroxyl groups is 3. The smallest absolute Gasteiger partial charge is 0.255 e. The molecule has 0 radical (unpaired) electrons. The molecular formula is C26H32N2O7. The second-order valence-corrected chi connectivity index (χ2v) is 11.2. The van der Waals surface area contributed by atoms with Crippen LogP contribution in [0.3, 0.4) is 0 Å². The molecule has 9 heteroatoms. The molecule has 35 heavy (non-hydrogen) atoms. The zero-order chi connectivity index (χ0) is 26.4. The number of hydrogen-bond acceptors (Lipinski definition) is 8. The van der Waals surface area contributed by atoms with Crippen molar-refractivity contribution >= 4 is 23.2 Å². The van der Waals surface area contributed by atoms with Gasteiger partial charge >= 0.3 is 0 Å². The lowest BCUT2D eigenvalue weighted by Gasteiger charge is -2.50. The lowest BCUT2D eigenvalue weighted by molar-refractivity contribution is -0.153. The van der Waals surface area contributed by atoms with Gasteiger partial charge in [-0.15, -0.1) is 0 Å². The van der Waals surface area contributed by atoms with Gasteiger partial charge in [-0.2, -0.15) is 0 Å². The van der Waals surface area contributed by atoms with Crippen LogP contribution in [0, 0.1) is 18.8 Å². The molecule has 0 aliphatic heterocycles. The number of ketones is 2. The van der Waals surface area contributed by atoms with Crippen molar-refractivity contribution in [2.75, 3.05) is 14.1 Å². The Balaban J connectivity index is 2.00. The molecule has 0 heterocycles. The van der Waals surface area contributed by atoms with Gasteiger partial charge in [0.2, 0.25) is 5.78 Å². The van der Waals surface area contributed by atoms with E-state index in [0.29, 0.717) is 17.5 Å². The highest BCUT2D eigenvalue weighted by Crippen LogP contribution is 2.53. The van der Waals surface area contributed by atoms with Gasteiger partial charge in [0.1, 0.15) is 22.8 Å². The maximum absolute atomic E-state index is 13.8. The summed E-state index contributed by atoms with van der Waals surface area (Å²) in [4.78, 5) is 40.5. The molecule has 0 spiro atoms. The highest BCUT2D eigenvalue weighted by molar-refractivity contribution is 6.24. The molecule has 1 aromatic carbocycles. The molecule has 4 atom stereocenters. The Bertz CT molecular complexity index is 1250. The number of carbonyl (C=O) groups is 3. The topological polar surface area (TPSA) is 161 Å². The number of likely N-dealkylation sites (N-methyl/N-ethyl adjacent to an activating group) is 1. The number of phenolic OH excluding ortho intramolecular Hbond substituents is 1. The van der Waals surface area contributed by atoms with Gasteiger partial charge in [-0.3, -0.25) is 19.3 Å². The highest BCUT2D eigenvalue weighted by Gasteiger charge is 2.64. The first-order valence-electron chi connectivity index (χ1n) is 11.6. The van der Waals surface area contributed by atoms with Gasteiger partial charge in [-0.1, -0.05) is 26.8 Å². The third kappa shape index (κ3) is 3.25. The average Bonchev–Trinajstić information content (AvgIpc) is 2.71. The van der Waals surface area contributed by atoms with E-state index in [2.05, 4.69) is 0 Å². The Hall–Kier alpha value is -3.17. The number of aliphatic hydroxyl groups excluding tert-OH is 2. The number of Topliss-reactive ketones (excluding diaryl/α,β-unsaturated/α-hetero) is 2. The van der Waals surface area contributed by atoms with Gasteiger partial charge in [-0.05, 0) is 56.3 Å². The minimum absolute atomic E-state index is 0.0764. The van der Waals surface area contributed by atoms with Crippen LogP contribution in [0.25, 0.3) is 5.76 Å². The third-order valence-electron chi connectivity index (χ3n) is 7.75. The Labute approximate surface area is 203 Å². The summed E-state index contributed by atoms with van der Waals surface area (Å²) in [5.41, 5.74) is 3.54. The molecule has 6 N–H and O–H groups in total. The number of nitrogens with zero attached hydrogens (tertiary/aromatic N) is 1. The first-order chi connectivity index (χ1) is 16.0. The monoisotopic (exact) mass is 484 g/mol. The molecule has 3 aliphatic rings. The molecule has 9 nitrogen and oxygen atoms in total. The van der Waals surface area contributed by atoms with Crippen molar-refractivity contribution in [1.82, 2.24) is 4.90 Å². The molecule has 4 rings (SSSR count). The van der Waals surface area contributed by atoms with E-state index >= 15 is 0 Å². The summed E-state index contributed by atoms with van der Waals surface area (Å²) in [6, 6.07) is 0.777. The maximum atomic E-state index is 13.8. The Morgan fingerprint density at radius 1 is 1.17 bits per heavy atom. The zero-order valence-corrected chi connectivity index (χ0v) is 20.8. The second-order valence-electron chi connectivity index (χ2n) is 11.2. The molecule has 0 unspecified atom stereocenters. The summed E-state index contributed by atoms with van der Waals surface area (Å²) < 4.78 is 0. The van der Waals surface area contributed by atoms with Crippen LogP contribution in [0.1, 0.15) is 49.4 Å². The molecule has 3 aliphatic carbocycles. The number of carbonyl (C=O) groups excluding carboxylic acids is 3. The van der Waals surface area contributed by atoms with Crippen molar-refractivity contribution in [2.45, 2.75) is 57.6 Å². The molecule has 188 valence electrons. The summed E-state index contributed by atoms with van der Waals surface area (Å²) in [6.45, 7) is 7.61. The second kappa shape index (κ2) is 7.66. The van der Waals surface area contributed by atoms with Crippen molar-refractivity contribution in [3.8, 4) is 5.75 Å². The quantitative estimate of drug-likeness (QED) is 0.395. The van der Waals surface area contributed by atoms with Crippen LogP contribution in [0.4, 0.5) is 0 Å². The first kappa shape index (κ1) is 24.9. The van der Waals surface area contributed by atoms with E-state index < -0.39 is 63.5 Å². The highest BCUT2D eigenvalue weighted by atomic mass is 16.3. The number of fused-ring (bicyclic) bond motifs is 3. The minimum atomic E-state index is -2.63. The summed E-state index contributed by atoms with van der Waals surface area (Å²) in [5, 5.41) is 45.0. The number of phenols is 1. The van der Waals surface area contributed by atoms with Gasteiger partial charge in [0.05, 0.1) is 11.6 Å². The molecule has 0 bridgehead atoms. The molecule has 1 amide bonds. The number of primary amides is 1. The molecule has 0 aromatic heterocycles. The largest absolute Gasteiger partial charge is 0.508 e. The predicted molar refractivity (Wildman–Crippen MR) is 128 cm³/mol. The molecule has 1 fully saturated rings. The Morgan fingerprint density at radius 3 is 2.29 bits per heavy atom. The number of rotatable bonds is 2. The number of aromatic hydroxyl groups is 1. The van der Waals surface area contributed by atoms with Crippen LogP contribution in [-0.4, -0.2) is 68.5 Å². The van der Waals surface area contributed by atoms with Crippen LogP contribution in [-0.2, 0) is 26.2 Å². The van der Waals surface area contributed by atoms with Crippen LogP contribution in [0.5, 0.6) is 5.75 Å². The maximum Gasteiger partial charge on any atom is 0.255 e. The van der Waals surface area contributed by atoms with Crippen molar-refractivity contribution in [1.29, 1.82) is 0 Å². The van der Waals surface area contributed by atoms with Crippen LogP contribution >= 0.6 is 0 Å². The van der Waals surface area contributed by atoms with E-state index in [9.17, 15) is 34.8 Å². The van der Waals surface area contributed by atoms with Crippen molar-refractivity contribution in [3.05, 3.63) is 45.2 Å². The molecular weight excluding hydrogens is 452 g/mol. The molecule has 1 aromatic rings. The summed E-state index contributed by atoms with van der Waals surface area (Å²) in [7, 11) is 3.15. The standard InChI is InChI=1S/C26H32N2O7/c1-10-7-14(25(2,3)4)19(29)16-12(10)8-11-9-13-18(28(5)6)21(31)17(24(27)34)23(33)26(13,35)22(32)15(11)20(16)30/h7,11,13,18,29-30,33,35H,8-9H2,1-6H3,(H2,27,34)/t11-,13-,18-,26-/m1/s1. The van der Waals surface area contributed by atoms with E-state index in [1.54, 1.807) is 14.1 Å². The fourth-order valence-corrected chi connectivity index (χ4v) is 6.07. The Kier molecular flexibility index (Phi) is 5.46. The third-order valence-corrected chi connectivity index (χ3v) is 7.75. The number of hydrogen-bond donors (Lipinski definition) is 5. The minimum Gasteiger partial charge on any atom is -0.508 e. The van der Waals surface area contributed by atoms with Crippen molar-refractivity contribution < 1.29 is 34.8 Å². The van der Waals surface area contributed by atoms with Gasteiger partial charge in [0.15, 0.2) is 11.4 Å². The number of amides is 1. The van der Waals surface area contributed by atoms with Gasteiger partial charge < -0.3 is 26.2 Å². The SMILES string of the molecule is Cc1cc(C(C)(C)C)c(O)c2c1C[C@@H]1C[C@@H]3[C@@H](N(C)C)C(=O)C(C(N)=O)=C(O)[C@]3(O)C(=O)C1=C2O. The van der Waals surface area contributed by atoms with E-state index in [4.69, 9.17) is 5.73 Å². The van der Waals surface area contributed by atoms with E-state index in [1.807, 2.05) is 33.8 Å². The van der Waals surface area contributed by atoms with Crippen molar-refractivity contribution in [2.24, 2.45) is 17.6 Å². The summed E-state index contributed by atoms with van der Waals surface area (Å²) >= 11 is 0. The zero-order valence-electron chi connectivity index (χ0n) is 20.8. The van der Waals surface area contributed by atoms with Gasteiger partial charge in [-0.25, -0.2) is 0 Å². The average molecular weight is 485 g/mol. The summed E-state index contributed by atoms with van der Waals surface area (Å²) in [6.07, 6.45) is 0.366. The van der Waals surface area contributed by atoms with E-state index in [0.717, 1.165) is 5.56 Å².